The van der Waals surface area contributed by atoms with Gasteiger partial charge >= 0.3 is 0 Å². The first kappa shape index (κ1) is 17.4. The summed E-state index contributed by atoms with van der Waals surface area (Å²) in [6.45, 7) is 4.22. The fraction of sp³-hybridized carbons (Fsp3) is 0.444. The van der Waals surface area contributed by atoms with Crippen molar-refractivity contribution >= 4 is 5.91 Å². The molecule has 0 N–H and O–H groups in total. The van der Waals surface area contributed by atoms with Crippen LogP contribution >= 0.6 is 0 Å². The molecule has 0 bridgehead atoms. The zero-order valence-electron chi connectivity index (χ0n) is 14.7. The molecule has 0 fully saturated rings. The number of amides is 1. The van der Waals surface area contributed by atoms with E-state index in [1.54, 1.807) is 18.1 Å². The standard InChI is InChI=1S/C18H22FN3O3/c1-4-22-10-13-8-21(9-14(11-24-2)17(13)20-22)18(23)12-5-6-16(25-3)15(19)7-12/h5-7,10,14H,4,8-9,11H2,1-3H3. The minimum atomic E-state index is -0.543. The number of fused-ring (bicyclic) bond motifs is 1. The second kappa shape index (κ2) is 7.23. The maximum atomic E-state index is 13.9. The van der Waals surface area contributed by atoms with Gasteiger partial charge in [0.05, 0.1) is 19.4 Å². The van der Waals surface area contributed by atoms with Crippen LogP contribution in [-0.2, 0) is 17.8 Å². The number of halogens is 1. The first-order valence-corrected chi connectivity index (χ1v) is 8.25. The van der Waals surface area contributed by atoms with Gasteiger partial charge < -0.3 is 14.4 Å². The molecule has 1 aromatic heterocycles. The van der Waals surface area contributed by atoms with Crippen LogP contribution in [0.1, 0.15) is 34.5 Å². The largest absolute Gasteiger partial charge is 0.494 e. The van der Waals surface area contributed by atoms with Crippen LogP contribution in [0.25, 0.3) is 0 Å². The van der Waals surface area contributed by atoms with Crippen LogP contribution in [0.2, 0.25) is 0 Å². The Kier molecular flexibility index (Phi) is 5.03. The minimum absolute atomic E-state index is 0.00796. The Bertz CT molecular complexity index is 775. The molecule has 0 saturated heterocycles. The highest BCUT2D eigenvalue weighted by atomic mass is 19.1. The molecule has 1 amide bonds. The van der Waals surface area contributed by atoms with Crippen LogP contribution in [-0.4, -0.2) is 48.0 Å². The van der Waals surface area contributed by atoms with E-state index in [4.69, 9.17) is 9.47 Å². The Balaban J connectivity index is 1.87. The van der Waals surface area contributed by atoms with Gasteiger partial charge in [-0.05, 0) is 25.1 Å². The first-order valence-electron chi connectivity index (χ1n) is 8.25. The zero-order chi connectivity index (χ0) is 18.0. The summed E-state index contributed by atoms with van der Waals surface area (Å²) in [5.41, 5.74) is 2.30. The molecule has 1 atom stereocenters. The van der Waals surface area contributed by atoms with Gasteiger partial charge in [-0.25, -0.2) is 4.39 Å². The number of methoxy groups -OCH3 is 2. The number of carbonyl (C=O) groups is 1. The van der Waals surface area contributed by atoms with E-state index in [1.807, 2.05) is 17.8 Å². The molecule has 1 unspecified atom stereocenters. The van der Waals surface area contributed by atoms with E-state index in [0.717, 1.165) is 17.8 Å². The lowest BCUT2D eigenvalue weighted by atomic mass is 9.96. The number of benzene rings is 1. The highest BCUT2D eigenvalue weighted by Crippen LogP contribution is 2.29. The maximum Gasteiger partial charge on any atom is 0.254 e. The molecule has 0 spiro atoms. The minimum Gasteiger partial charge on any atom is -0.494 e. The lowest BCUT2D eigenvalue weighted by Crippen LogP contribution is -2.39. The van der Waals surface area contributed by atoms with Crippen molar-refractivity contribution in [2.24, 2.45) is 0 Å². The van der Waals surface area contributed by atoms with Gasteiger partial charge in [-0.15, -0.1) is 0 Å². The molecular formula is C18H22FN3O3. The van der Waals surface area contributed by atoms with Gasteiger partial charge in [-0.3, -0.25) is 9.48 Å². The Morgan fingerprint density at radius 2 is 2.20 bits per heavy atom. The van der Waals surface area contributed by atoms with E-state index in [1.165, 1.54) is 19.2 Å². The number of aromatic nitrogens is 2. The molecule has 1 aromatic carbocycles. The quantitative estimate of drug-likeness (QED) is 0.834. The Labute approximate surface area is 146 Å². The monoisotopic (exact) mass is 347 g/mol. The Morgan fingerprint density at radius 1 is 1.40 bits per heavy atom. The second-order valence-corrected chi connectivity index (χ2v) is 6.08. The fourth-order valence-electron chi connectivity index (χ4n) is 3.20. The lowest BCUT2D eigenvalue weighted by Gasteiger charge is -2.31. The highest BCUT2D eigenvalue weighted by Gasteiger charge is 2.31. The molecule has 2 heterocycles. The first-order chi connectivity index (χ1) is 12.1. The van der Waals surface area contributed by atoms with E-state index in [2.05, 4.69) is 5.10 Å². The normalized spacial score (nSPS) is 16.6. The molecule has 1 aliphatic rings. The number of ether oxygens (including phenoxy) is 2. The van der Waals surface area contributed by atoms with Gasteiger partial charge in [0.2, 0.25) is 0 Å². The van der Waals surface area contributed by atoms with Gasteiger partial charge in [-0.1, -0.05) is 0 Å². The van der Waals surface area contributed by atoms with Gasteiger partial charge in [0, 0.05) is 50.0 Å². The topological polar surface area (TPSA) is 56.6 Å². The molecule has 2 aromatic rings. The Hall–Kier alpha value is -2.41. The Morgan fingerprint density at radius 3 is 2.84 bits per heavy atom. The zero-order valence-corrected chi connectivity index (χ0v) is 14.7. The summed E-state index contributed by atoms with van der Waals surface area (Å²) in [7, 11) is 3.03. The third kappa shape index (κ3) is 3.37. The van der Waals surface area contributed by atoms with Gasteiger partial charge in [-0.2, -0.15) is 5.10 Å². The molecule has 7 heteroatoms. The SMILES string of the molecule is CCn1cc2c(n1)C(COC)CN(C(=O)c1ccc(OC)c(F)c1)C2. The average Bonchev–Trinajstić information content (AvgIpc) is 3.04. The van der Waals surface area contributed by atoms with Gasteiger partial charge in [0.1, 0.15) is 0 Å². The smallest absolute Gasteiger partial charge is 0.254 e. The maximum absolute atomic E-state index is 13.9. The van der Waals surface area contributed by atoms with E-state index < -0.39 is 5.82 Å². The van der Waals surface area contributed by atoms with Gasteiger partial charge in [0.15, 0.2) is 11.6 Å². The number of aryl methyl sites for hydroxylation is 1. The molecule has 0 aliphatic carbocycles. The summed E-state index contributed by atoms with van der Waals surface area (Å²) < 4.78 is 26.0. The van der Waals surface area contributed by atoms with Crippen molar-refractivity contribution in [2.45, 2.75) is 25.9 Å². The summed E-state index contributed by atoms with van der Waals surface area (Å²) in [5.74, 6) is -0.622. The van der Waals surface area contributed by atoms with Crippen molar-refractivity contribution in [1.82, 2.24) is 14.7 Å². The lowest BCUT2D eigenvalue weighted by molar-refractivity contribution is 0.0678. The average molecular weight is 347 g/mol. The number of nitrogens with zero attached hydrogens (tertiary/aromatic N) is 3. The molecular weight excluding hydrogens is 325 g/mol. The molecule has 25 heavy (non-hydrogen) atoms. The summed E-state index contributed by atoms with van der Waals surface area (Å²) >= 11 is 0. The molecule has 0 saturated carbocycles. The van der Waals surface area contributed by atoms with Crippen LogP contribution in [0.4, 0.5) is 4.39 Å². The van der Waals surface area contributed by atoms with Crippen LogP contribution < -0.4 is 4.74 Å². The summed E-state index contributed by atoms with van der Waals surface area (Å²) in [4.78, 5) is 14.6. The van der Waals surface area contributed by atoms with Gasteiger partial charge in [0.25, 0.3) is 5.91 Å². The number of rotatable bonds is 5. The molecule has 0 radical (unpaired) electrons. The van der Waals surface area contributed by atoms with Crippen molar-refractivity contribution in [3.8, 4) is 5.75 Å². The highest BCUT2D eigenvalue weighted by molar-refractivity contribution is 5.94. The van der Waals surface area contributed by atoms with E-state index in [0.29, 0.717) is 25.3 Å². The summed E-state index contributed by atoms with van der Waals surface area (Å²) in [5, 5.41) is 4.59. The summed E-state index contributed by atoms with van der Waals surface area (Å²) in [6.07, 6.45) is 1.96. The number of hydrogen-bond acceptors (Lipinski definition) is 4. The predicted molar refractivity (Wildman–Crippen MR) is 90.2 cm³/mol. The van der Waals surface area contributed by atoms with E-state index in [-0.39, 0.29) is 17.6 Å². The second-order valence-electron chi connectivity index (χ2n) is 6.08. The van der Waals surface area contributed by atoms with Crippen molar-refractivity contribution in [2.75, 3.05) is 27.4 Å². The van der Waals surface area contributed by atoms with Crippen LogP contribution in [0.15, 0.2) is 24.4 Å². The fourth-order valence-corrected chi connectivity index (χ4v) is 3.20. The molecule has 3 rings (SSSR count). The number of carbonyl (C=O) groups excluding carboxylic acids is 1. The van der Waals surface area contributed by atoms with Crippen LogP contribution in [0.3, 0.4) is 0 Å². The summed E-state index contributed by atoms with van der Waals surface area (Å²) in [6, 6.07) is 4.28. The van der Waals surface area contributed by atoms with Crippen molar-refractivity contribution < 1.29 is 18.7 Å². The van der Waals surface area contributed by atoms with E-state index in [9.17, 15) is 9.18 Å². The van der Waals surface area contributed by atoms with Crippen LogP contribution in [0, 0.1) is 5.82 Å². The molecule has 1 aliphatic heterocycles. The number of hydrogen-bond donors (Lipinski definition) is 0. The van der Waals surface area contributed by atoms with E-state index >= 15 is 0 Å². The van der Waals surface area contributed by atoms with Crippen molar-refractivity contribution in [1.29, 1.82) is 0 Å². The third-order valence-corrected chi connectivity index (χ3v) is 4.44. The van der Waals surface area contributed by atoms with Crippen molar-refractivity contribution in [3.63, 3.8) is 0 Å². The van der Waals surface area contributed by atoms with Crippen molar-refractivity contribution in [3.05, 3.63) is 47.0 Å². The third-order valence-electron chi connectivity index (χ3n) is 4.44. The molecule has 134 valence electrons. The molecule has 6 nitrogen and oxygen atoms in total. The van der Waals surface area contributed by atoms with Crippen LogP contribution in [0.5, 0.6) is 5.75 Å². The predicted octanol–water partition coefficient (Wildman–Crippen LogP) is 2.44.